The predicted molar refractivity (Wildman–Crippen MR) is 102 cm³/mol. The van der Waals surface area contributed by atoms with Gasteiger partial charge in [0.05, 0.1) is 0 Å². The van der Waals surface area contributed by atoms with Crippen molar-refractivity contribution in [3.05, 3.63) is 59.1 Å². The lowest BCUT2D eigenvalue weighted by Gasteiger charge is -2.34. The highest BCUT2D eigenvalue weighted by atomic mass is 35.5. The van der Waals surface area contributed by atoms with Crippen molar-refractivity contribution < 1.29 is 27.4 Å². The molecule has 0 N–H and O–H groups in total. The first-order valence-corrected chi connectivity index (χ1v) is 9.39. The van der Waals surface area contributed by atoms with Gasteiger partial charge < -0.3 is 14.4 Å². The van der Waals surface area contributed by atoms with Crippen LogP contribution >= 0.6 is 11.6 Å². The van der Waals surface area contributed by atoms with E-state index in [1.54, 1.807) is 4.90 Å². The van der Waals surface area contributed by atoms with E-state index in [9.17, 15) is 18.0 Å². The Labute approximate surface area is 171 Å². The highest BCUT2D eigenvalue weighted by molar-refractivity contribution is 6.30. The molecule has 2 aromatic rings. The van der Waals surface area contributed by atoms with Gasteiger partial charge in [-0.1, -0.05) is 29.8 Å². The molecule has 1 saturated heterocycles. The van der Waals surface area contributed by atoms with E-state index < -0.39 is 12.1 Å². The minimum atomic E-state index is -4.78. The molecule has 0 bridgehead atoms. The van der Waals surface area contributed by atoms with E-state index in [0.29, 0.717) is 18.1 Å². The highest BCUT2D eigenvalue weighted by Crippen LogP contribution is 2.26. The molecule has 1 fully saturated rings. The molecule has 29 heavy (non-hydrogen) atoms. The van der Waals surface area contributed by atoms with Crippen molar-refractivity contribution >= 4 is 17.5 Å². The van der Waals surface area contributed by atoms with Crippen LogP contribution in [0.4, 0.5) is 13.2 Å². The number of hydrogen-bond donors (Lipinski definition) is 0. The average molecular weight is 429 g/mol. The van der Waals surface area contributed by atoms with Crippen molar-refractivity contribution in [1.82, 2.24) is 9.80 Å². The molecule has 0 atom stereocenters. The van der Waals surface area contributed by atoms with Crippen LogP contribution in [-0.2, 0) is 11.3 Å². The quantitative estimate of drug-likeness (QED) is 0.698. The lowest BCUT2D eigenvalue weighted by molar-refractivity contribution is -0.274. The van der Waals surface area contributed by atoms with Crippen LogP contribution in [-0.4, -0.2) is 54.9 Å². The monoisotopic (exact) mass is 428 g/mol. The molecule has 1 aliphatic rings. The van der Waals surface area contributed by atoms with E-state index in [1.807, 2.05) is 24.3 Å². The summed E-state index contributed by atoms with van der Waals surface area (Å²) in [6.07, 6.45) is -4.78. The molecule has 0 aliphatic carbocycles. The summed E-state index contributed by atoms with van der Waals surface area (Å²) in [5.41, 5.74) is 1.15. The molecule has 0 radical (unpaired) electrons. The number of halogens is 4. The summed E-state index contributed by atoms with van der Waals surface area (Å²) >= 11 is 5.89. The number of benzene rings is 2. The van der Waals surface area contributed by atoms with Crippen LogP contribution in [0.15, 0.2) is 48.5 Å². The molecule has 156 valence electrons. The number of amides is 1. The van der Waals surface area contributed by atoms with Gasteiger partial charge >= 0.3 is 6.36 Å². The Morgan fingerprint density at radius 2 is 1.66 bits per heavy atom. The van der Waals surface area contributed by atoms with Crippen LogP contribution in [0.2, 0.25) is 5.02 Å². The average Bonchev–Trinajstić information content (AvgIpc) is 2.67. The summed E-state index contributed by atoms with van der Waals surface area (Å²) in [6, 6.07) is 12.8. The summed E-state index contributed by atoms with van der Waals surface area (Å²) in [5.74, 6) is -0.460. The second-order valence-electron chi connectivity index (χ2n) is 6.59. The lowest BCUT2D eigenvalue weighted by atomic mass is 10.2. The first-order chi connectivity index (χ1) is 13.8. The summed E-state index contributed by atoms with van der Waals surface area (Å²) in [6.45, 7) is 3.11. The molecular formula is C20H20ClF3N2O3. The van der Waals surface area contributed by atoms with Crippen LogP contribution in [0, 0.1) is 0 Å². The Balaban J connectivity index is 1.44. The molecule has 3 rings (SSSR count). The topological polar surface area (TPSA) is 42.0 Å². The van der Waals surface area contributed by atoms with Crippen molar-refractivity contribution in [3.8, 4) is 11.5 Å². The molecule has 0 aromatic heterocycles. The Morgan fingerprint density at radius 1 is 1.00 bits per heavy atom. The first kappa shape index (κ1) is 21.3. The fourth-order valence-corrected chi connectivity index (χ4v) is 3.13. The van der Waals surface area contributed by atoms with Crippen molar-refractivity contribution in [2.75, 3.05) is 32.8 Å². The molecule has 0 unspecified atom stereocenters. The first-order valence-electron chi connectivity index (χ1n) is 9.02. The van der Waals surface area contributed by atoms with E-state index >= 15 is 0 Å². The molecule has 0 saturated carbocycles. The molecule has 1 aliphatic heterocycles. The fourth-order valence-electron chi connectivity index (χ4n) is 3.00. The van der Waals surface area contributed by atoms with Crippen molar-refractivity contribution in [2.24, 2.45) is 0 Å². The van der Waals surface area contributed by atoms with Gasteiger partial charge in [0.1, 0.15) is 11.5 Å². The molecular weight excluding hydrogens is 409 g/mol. The van der Waals surface area contributed by atoms with Crippen LogP contribution in [0.25, 0.3) is 0 Å². The number of carbonyl (C=O) groups excluding carboxylic acids is 1. The second kappa shape index (κ2) is 9.37. The Bertz CT molecular complexity index is 822. The Kier molecular flexibility index (Phi) is 6.87. The summed E-state index contributed by atoms with van der Waals surface area (Å²) in [4.78, 5) is 16.3. The van der Waals surface area contributed by atoms with E-state index in [4.69, 9.17) is 16.3 Å². The maximum atomic E-state index is 12.3. The number of rotatable bonds is 6. The largest absolute Gasteiger partial charge is 0.573 e. The third-order valence-electron chi connectivity index (χ3n) is 4.45. The van der Waals surface area contributed by atoms with E-state index in [2.05, 4.69) is 9.64 Å². The van der Waals surface area contributed by atoms with Crippen LogP contribution in [0.3, 0.4) is 0 Å². The predicted octanol–water partition coefficient (Wildman–Crippen LogP) is 3.96. The molecule has 1 amide bonds. The zero-order valence-electron chi connectivity index (χ0n) is 15.5. The van der Waals surface area contributed by atoms with Crippen LogP contribution in [0.5, 0.6) is 11.5 Å². The third kappa shape index (κ3) is 6.83. The number of piperazine rings is 1. The number of carbonyl (C=O) groups is 1. The maximum absolute atomic E-state index is 12.3. The molecule has 0 spiro atoms. The smallest absolute Gasteiger partial charge is 0.484 e. The standard InChI is InChI=1S/C20H20ClF3N2O3/c21-16-6-4-15(5-7-16)13-25-8-10-26(11-9-25)19(27)14-28-17-2-1-3-18(12-17)29-20(22,23)24/h1-7,12H,8-11,13-14H2. The number of nitrogens with zero attached hydrogens (tertiary/aromatic N) is 2. The van der Waals surface area contributed by atoms with Gasteiger partial charge in [0.2, 0.25) is 0 Å². The van der Waals surface area contributed by atoms with Gasteiger partial charge in [0, 0.05) is 43.8 Å². The van der Waals surface area contributed by atoms with Crippen molar-refractivity contribution in [1.29, 1.82) is 0 Å². The Hall–Kier alpha value is -2.45. The maximum Gasteiger partial charge on any atom is 0.573 e. The highest BCUT2D eigenvalue weighted by Gasteiger charge is 2.31. The number of hydrogen-bond acceptors (Lipinski definition) is 4. The van der Waals surface area contributed by atoms with Gasteiger partial charge in [0.15, 0.2) is 6.61 Å². The normalized spacial score (nSPS) is 15.2. The van der Waals surface area contributed by atoms with Gasteiger partial charge in [-0.25, -0.2) is 0 Å². The zero-order chi connectivity index (χ0) is 20.9. The SMILES string of the molecule is O=C(COc1cccc(OC(F)(F)F)c1)N1CCN(Cc2ccc(Cl)cc2)CC1. The zero-order valence-corrected chi connectivity index (χ0v) is 16.2. The number of alkyl halides is 3. The van der Waals surface area contributed by atoms with E-state index in [-0.39, 0.29) is 18.3 Å². The molecule has 5 nitrogen and oxygen atoms in total. The van der Waals surface area contributed by atoms with E-state index in [1.165, 1.54) is 18.2 Å². The van der Waals surface area contributed by atoms with Gasteiger partial charge in [-0.3, -0.25) is 9.69 Å². The lowest BCUT2D eigenvalue weighted by Crippen LogP contribution is -2.49. The second-order valence-corrected chi connectivity index (χ2v) is 7.03. The third-order valence-corrected chi connectivity index (χ3v) is 4.70. The van der Waals surface area contributed by atoms with Crippen LogP contribution in [0.1, 0.15) is 5.56 Å². The minimum absolute atomic E-state index is 0.140. The van der Waals surface area contributed by atoms with Gasteiger partial charge in [-0.15, -0.1) is 13.2 Å². The van der Waals surface area contributed by atoms with Crippen LogP contribution < -0.4 is 9.47 Å². The summed E-state index contributed by atoms with van der Waals surface area (Å²) < 4.78 is 46.0. The molecule has 2 aromatic carbocycles. The molecule has 9 heteroatoms. The van der Waals surface area contributed by atoms with E-state index in [0.717, 1.165) is 31.3 Å². The van der Waals surface area contributed by atoms with Crippen molar-refractivity contribution in [3.63, 3.8) is 0 Å². The number of ether oxygens (including phenoxy) is 2. The summed E-state index contributed by atoms with van der Waals surface area (Å²) in [7, 11) is 0. The fraction of sp³-hybridized carbons (Fsp3) is 0.350. The minimum Gasteiger partial charge on any atom is -0.484 e. The van der Waals surface area contributed by atoms with Gasteiger partial charge in [-0.2, -0.15) is 0 Å². The summed E-state index contributed by atoms with van der Waals surface area (Å²) in [5, 5.41) is 0.694. The van der Waals surface area contributed by atoms with Gasteiger partial charge in [-0.05, 0) is 29.8 Å². The van der Waals surface area contributed by atoms with Gasteiger partial charge in [0.25, 0.3) is 5.91 Å². The Morgan fingerprint density at radius 3 is 2.31 bits per heavy atom. The van der Waals surface area contributed by atoms with Crippen molar-refractivity contribution in [2.45, 2.75) is 12.9 Å². The molecule has 1 heterocycles.